The van der Waals surface area contributed by atoms with Crippen LogP contribution < -0.4 is 26.0 Å². The lowest BCUT2D eigenvalue weighted by Crippen LogP contribution is -2.44. The van der Waals surface area contributed by atoms with Crippen molar-refractivity contribution in [1.82, 2.24) is 9.13 Å². The number of carbonyl (C=O) groups is 1. The number of nitrogens with zero attached hydrogens (tertiary/aromatic N) is 2. The number of aryl methyl sites for hydroxylation is 1. The zero-order valence-corrected chi connectivity index (χ0v) is 18.8. The van der Waals surface area contributed by atoms with Crippen LogP contribution in [0.3, 0.4) is 0 Å². The number of rotatable bonds is 8. The summed E-state index contributed by atoms with van der Waals surface area (Å²) < 4.78 is 13.3. The number of hydrogen-bond acceptors (Lipinski definition) is 5. The van der Waals surface area contributed by atoms with E-state index < -0.39 is 5.69 Å². The molecule has 33 heavy (non-hydrogen) atoms. The number of ether oxygens (including phenoxy) is 2. The molecule has 1 aliphatic carbocycles. The van der Waals surface area contributed by atoms with Crippen LogP contribution in [0.5, 0.6) is 11.5 Å². The summed E-state index contributed by atoms with van der Waals surface area (Å²) >= 11 is 0. The summed E-state index contributed by atoms with van der Waals surface area (Å²) in [5.74, 6) is 0.900. The van der Waals surface area contributed by atoms with E-state index in [1.807, 2.05) is 30.3 Å². The maximum absolute atomic E-state index is 13.3. The number of methoxy groups -OCH3 is 2. The number of hydrogen-bond donors (Lipinski definition) is 1. The molecule has 1 N–H and O–H groups in total. The summed E-state index contributed by atoms with van der Waals surface area (Å²) in [7, 11) is 3.13. The Bertz CT molecular complexity index is 1280. The molecule has 0 unspecified atom stereocenters. The van der Waals surface area contributed by atoms with Crippen molar-refractivity contribution in [1.29, 1.82) is 0 Å². The van der Waals surface area contributed by atoms with Gasteiger partial charge in [-0.2, -0.15) is 0 Å². The van der Waals surface area contributed by atoms with E-state index in [1.165, 1.54) is 9.13 Å². The van der Waals surface area contributed by atoms with Gasteiger partial charge in [0.15, 0.2) is 11.5 Å². The minimum Gasteiger partial charge on any atom is -0.493 e. The van der Waals surface area contributed by atoms with Crippen molar-refractivity contribution in [3.63, 3.8) is 0 Å². The second-order valence-electron chi connectivity index (χ2n) is 7.96. The first kappa shape index (κ1) is 22.4. The molecule has 8 nitrogen and oxygen atoms in total. The van der Waals surface area contributed by atoms with E-state index in [0.717, 1.165) is 12.0 Å². The van der Waals surface area contributed by atoms with Gasteiger partial charge >= 0.3 is 5.69 Å². The smallest absolute Gasteiger partial charge is 0.331 e. The van der Waals surface area contributed by atoms with Gasteiger partial charge in [0.2, 0.25) is 5.91 Å². The highest BCUT2D eigenvalue weighted by Gasteiger charge is 2.24. The van der Waals surface area contributed by atoms with Crippen molar-refractivity contribution in [2.24, 2.45) is 0 Å². The molecule has 1 aromatic heterocycles. The number of fused-ring (bicyclic) bond motifs is 1. The van der Waals surface area contributed by atoms with Gasteiger partial charge < -0.3 is 14.8 Å². The van der Waals surface area contributed by atoms with E-state index in [4.69, 9.17) is 9.47 Å². The average molecular weight is 450 g/mol. The fraction of sp³-hybridized carbons (Fsp3) is 0.320. The molecule has 0 saturated carbocycles. The van der Waals surface area contributed by atoms with E-state index in [9.17, 15) is 14.4 Å². The van der Waals surface area contributed by atoms with E-state index >= 15 is 0 Å². The molecule has 0 spiro atoms. The predicted octanol–water partition coefficient (Wildman–Crippen LogP) is 2.40. The molecular formula is C25H27N3O5. The maximum Gasteiger partial charge on any atom is 0.331 e. The molecule has 0 aliphatic heterocycles. The van der Waals surface area contributed by atoms with Gasteiger partial charge in [0.1, 0.15) is 6.54 Å². The van der Waals surface area contributed by atoms with Gasteiger partial charge in [-0.3, -0.25) is 18.7 Å². The molecule has 172 valence electrons. The highest BCUT2D eigenvalue weighted by molar-refractivity contribution is 5.90. The number of benzene rings is 2. The van der Waals surface area contributed by atoms with Crippen molar-refractivity contribution in [3.05, 3.63) is 86.2 Å². The summed E-state index contributed by atoms with van der Waals surface area (Å²) in [5.41, 5.74) is 2.17. The normalized spacial score (nSPS) is 12.3. The molecule has 1 heterocycles. The summed E-state index contributed by atoms with van der Waals surface area (Å²) in [4.78, 5) is 39.0. The standard InChI is InChI=1S/C25H27N3O5/c1-32-21-12-11-17(15-22(21)33-2)13-14-27-24(30)19-9-6-10-20(19)28(25(27)31)16-23(29)26-18-7-4-3-5-8-18/h3-5,7-8,11-12,15H,6,9-10,13-14,16H2,1-2H3,(H,26,29). The molecule has 0 atom stereocenters. The van der Waals surface area contributed by atoms with Crippen LogP contribution in [0.15, 0.2) is 58.1 Å². The summed E-state index contributed by atoms with van der Waals surface area (Å²) in [6.07, 6.45) is 2.49. The van der Waals surface area contributed by atoms with Crippen LogP contribution >= 0.6 is 0 Å². The number of carbonyl (C=O) groups excluding carboxylic acids is 1. The van der Waals surface area contributed by atoms with Crippen LogP contribution in [0.25, 0.3) is 0 Å². The van der Waals surface area contributed by atoms with Gasteiger partial charge in [0.25, 0.3) is 5.56 Å². The van der Waals surface area contributed by atoms with Gasteiger partial charge in [-0.25, -0.2) is 4.79 Å². The molecule has 2 aromatic carbocycles. The summed E-state index contributed by atoms with van der Waals surface area (Å²) in [5, 5.41) is 2.81. The Kier molecular flexibility index (Phi) is 6.63. The number of anilines is 1. The van der Waals surface area contributed by atoms with Crippen LogP contribution in [0.2, 0.25) is 0 Å². The van der Waals surface area contributed by atoms with E-state index in [-0.39, 0.29) is 24.6 Å². The number of amides is 1. The minimum absolute atomic E-state index is 0.132. The Morgan fingerprint density at radius 2 is 1.73 bits per heavy atom. The largest absolute Gasteiger partial charge is 0.493 e. The Hall–Kier alpha value is -3.81. The molecule has 0 radical (unpaired) electrons. The van der Waals surface area contributed by atoms with Gasteiger partial charge in [-0.15, -0.1) is 0 Å². The quantitative estimate of drug-likeness (QED) is 0.570. The van der Waals surface area contributed by atoms with Gasteiger partial charge in [-0.1, -0.05) is 24.3 Å². The van der Waals surface area contributed by atoms with E-state index in [1.54, 1.807) is 32.4 Å². The third kappa shape index (κ3) is 4.69. The lowest BCUT2D eigenvalue weighted by molar-refractivity contribution is -0.116. The highest BCUT2D eigenvalue weighted by Crippen LogP contribution is 2.27. The molecule has 0 fully saturated rings. The zero-order valence-electron chi connectivity index (χ0n) is 18.8. The minimum atomic E-state index is -0.454. The maximum atomic E-state index is 13.3. The van der Waals surface area contributed by atoms with Crippen molar-refractivity contribution < 1.29 is 14.3 Å². The third-order valence-electron chi connectivity index (χ3n) is 5.91. The second-order valence-corrected chi connectivity index (χ2v) is 7.96. The van der Waals surface area contributed by atoms with Crippen molar-refractivity contribution in [3.8, 4) is 11.5 Å². The van der Waals surface area contributed by atoms with Crippen molar-refractivity contribution in [2.45, 2.75) is 38.8 Å². The number of nitrogens with one attached hydrogen (secondary N) is 1. The van der Waals surface area contributed by atoms with Gasteiger partial charge in [-0.05, 0) is 55.5 Å². The van der Waals surface area contributed by atoms with Gasteiger partial charge in [0.05, 0.1) is 14.2 Å². The lowest BCUT2D eigenvalue weighted by Gasteiger charge is -2.16. The Balaban J connectivity index is 1.61. The van der Waals surface area contributed by atoms with Crippen molar-refractivity contribution in [2.75, 3.05) is 19.5 Å². The fourth-order valence-corrected chi connectivity index (χ4v) is 4.27. The Morgan fingerprint density at radius 1 is 0.970 bits per heavy atom. The highest BCUT2D eigenvalue weighted by atomic mass is 16.5. The monoisotopic (exact) mass is 449 g/mol. The van der Waals surface area contributed by atoms with Crippen molar-refractivity contribution >= 4 is 11.6 Å². The van der Waals surface area contributed by atoms with E-state index in [2.05, 4.69) is 5.32 Å². The molecule has 4 rings (SSSR count). The lowest BCUT2D eigenvalue weighted by atomic mass is 10.1. The zero-order chi connectivity index (χ0) is 23.4. The molecule has 0 bridgehead atoms. The molecule has 8 heteroatoms. The third-order valence-corrected chi connectivity index (χ3v) is 5.91. The predicted molar refractivity (Wildman–Crippen MR) is 125 cm³/mol. The van der Waals surface area contributed by atoms with E-state index in [0.29, 0.717) is 47.7 Å². The average Bonchev–Trinajstić information content (AvgIpc) is 3.32. The molecule has 1 amide bonds. The Labute approximate surface area is 191 Å². The second kappa shape index (κ2) is 9.77. The number of para-hydroxylation sites is 1. The number of aromatic nitrogens is 2. The molecule has 0 saturated heterocycles. The molecular weight excluding hydrogens is 422 g/mol. The SMILES string of the molecule is COc1ccc(CCn2c(=O)c3c(n(CC(=O)Nc4ccccc4)c2=O)CCC3)cc1OC. The van der Waals surface area contributed by atoms with Crippen LogP contribution in [0.4, 0.5) is 5.69 Å². The first-order chi connectivity index (χ1) is 16.0. The van der Waals surface area contributed by atoms with Crippen LogP contribution in [-0.4, -0.2) is 29.3 Å². The van der Waals surface area contributed by atoms with Gasteiger partial charge in [0, 0.05) is 23.5 Å². The molecule has 3 aromatic rings. The first-order valence-electron chi connectivity index (χ1n) is 10.9. The Morgan fingerprint density at radius 3 is 2.45 bits per heavy atom. The van der Waals surface area contributed by atoms with Crippen LogP contribution in [0.1, 0.15) is 23.2 Å². The molecule has 1 aliphatic rings. The topological polar surface area (TPSA) is 91.6 Å². The van der Waals surface area contributed by atoms with Crippen LogP contribution in [0, 0.1) is 0 Å². The van der Waals surface area contributed by atoms with Crippen LogP contribution in [-0.2, 0) is 37.1 Å². The summed E-state index contributed by atoms with van der Waals surface area (Å²) in [6, 6.07) is 14.6. The first-order valence-corrected chi connectivity index (χ1v) is 10.9. The summed E-state index contributed by atoms with van der Waals surface area (Å²) in [6.45, 7) is 0.0768. The fourth-order valence-electron chi connectivity index (χ4n) is 4.27.